The molecule has 11 nitrogen and oxygen atoms in total. The third kappa shape index (κ3) is 3.05. The van der Waals surface area contributed by atoms with Crippen molar-refractivity contribution < 1.29 is 18.4 Å². The molecular weight excluding hydrogens is 460 g/mol. The molecule has 2 bridgehead atoms. The second-order valence-corrected chi connectivity index (χ2v) is 9.45. The molecule has 11 heteroatoms. The van der Waals surface area contributed by atoms with Crippen LogP contribution in [-0.4, -0.2) is 49.7 Å². The summed E-state index contributed by atoms with van der Waals surface area (Å²) in [6, 6.07) is 6.46. The number of fused-ring (bicyclic) bond motifs is 1. The summed E-state index contributed by atoms with van der Waals surface area (Å²) in [5.74, 6) is -0.595. The summed E-state index contributed by atoms with van der Waals surface area (Å²) in [4.78, 5) is 38.1. The van der Waals surface area contributed by atoms with Crippen LogP contribution < -0.4 is 16.8 Å². The number of benzene rings is 1. The number of aryl methyl sites for hydroxylation is 1. The minimum Gasteiger partial charge on any atom is -0.469 e. The van der Waals surface area contributed by atoms with Crippen molar-refractivity contribution in [3.05, 3.63) is 47.9 Å². The summed E-state index contributed by atoms with van der Waals surface area (Å²) in [5, 5.41) is 10.7. The second kappa shape index (κ2) is 7.48. The van der Waals surface area contributed by atoms with Crippen LogP contribution in [0.25, 0.3) is 33.5 Å². The van der Waals surface area contributed by atoms with E-state index in [2.05, 4.69) is 30.5 Å². The number of hydrogen-bond acceptors (Lipinski definition) is 9. The molecule has 36 heavy (non-hydrogen) atoms. The fraction of sp³-hybridized carbons (Fsp3) is 0.280. The number of rotatable bonds is 6. The highest BCUT2D eigenvalue weighted by Gasteiger charge is 2.72. The molecule has 6 N–H and O–H groups in total. The lowest BCUT2D eigenvalue weighted by Gasteiger charge is -2.68. The van der Waals surface area contributed by atoms with Gasteiger partial charge in [0.1, 0.15) is 5.82 Å². The van der Waals surface area contributed by atoms with Gasteiger partial charge in [-0.25, -0.2) is 15.0 Å². The molecule has 0 saturated heterocycles. The van der Waals surface area contributed by atoms with Gasteiger partial charge in [-0.15, -0.1) is 0 Å². The number of nitrogen functional groups attached to an aromatic ring is 1. The van der Waals surface area contributed by atoms with Crippen LogP contribution >= 0.6 is 0 Å². The van der Waals surface area contributed by atoms with E-state index in [1.807, 2.05) is 0 Å². The number of esters is 1. The van der Waals surface area contributed by atoms with E-state index < -0.39 is 18.2 Å². The highest BCUT2D eigenvalue weighted by molar-refractivity contribution is 6.04. The molecule has 0 aliphatic heterocycles. The maximum absolute atomic E-state index is 12.4. The van der Waals surface area contributed by atoms with Crippen molar-refractivity contribution >= 4 is 34.3 Å². The summed E-state index contributed by atoms with van der Waals surface area (Å²) in [5.41, 5.74) is 12.0. The zero-order chi connectivity index (χ0) is 27.7. The standard InChI is InChI=1S/C25H24N8O3/c1-12-5-6-15-14(8-29-33-15)16(12)18-17(26)19(20(27)34)31-22(30-18)13-4-3-7-28-21(13)32-25-9-24(10-25,11-25)23(35)36-2/h3-8H,9-11,26H2,1-2H3,(H2,27,34)(H,28,32)(H,29,33)/i1D3. The van der Waals surface area contributed by atoms with Gasteiger partial charge in [-0.3, -0.25) is 14.7 Å². The Balaban J connectivity index is 1.50. The molecule has 1 aromatic carbocycles. The maximum atomic E-state index is 12.4. The van der Waals surface area contributed by atoms with Crippen molar-refractivity contribution in [2.75, 3.05) is 18.2 Å². The Morgan fingerprint density at radius 1 is 1.22 bits per heavy atom. The SMILES string of the molecule is [2H]C([2H])([2H])c1ccc2[nH]ncc2c1-c1nc(-c2cccnc2NC23CC(C(=O)OC)(C2)C3)nc(C(N)=O)c1N. The number of aromatic amines is 1. The molecule has 1 amide bonds. The summed E-state index contributed by atoms with van der Waals surface area (Å²) in [7, 11) is 1.38. The number of nitrogens with zero attached hydrogens (tertiary/aromatic N) is 4. The van der Waals surface area contributed by atoms with Crippen LogP contribution in [0.3, 0.4) is 0 Å². The first-order valence-electron chi connectivity index (χ1n) is 12.7. The molecule has 3 heterocycles. The molecule has 182 valence electrons. The monoisotopic (exact) mass is 487 g/mol. The van der Waals surface area contributed by atoms with Gasteiger partial charge in [-0.2, -0.15) is 5.10 Å². The number of nitrogens with two attached hydrogens (primary N) is 2. The van der Waals surface area contributed by atoms with E-state index in [1.54, 1.807) is 24.4 Å². The first kappa shape index (κ1) is 18.7. The first-order chi connectivity index (χ1) is 18.5. The zero-order valence-corrected chi connectivity index (χ0v) is 19.3. The van der Waals surface area contributed by atoms with Gasteiger partial charge in [0, 0.05) is 26.8 Å². The predicted molar refractivity (Wildman–Crippen MR) is 133 cm³/mol. The lowest BCUT2D eigenvalue weighted by molar-refractivity contribution is -0.190. The number of anilines is 2. The number of pyridine rings is 1. The van der Waals surface area contributed by atoms with Crippen LogP contribution in [0.2, 0.25) is 0 Å². The number of carbonyl (C=O) groups excluding carboxylic acids is 2. The smallest absolute Gasteiger partial charge is 0.312 e. The third-order valence-corrected chi connectivity index (χ3v) is 7.12. The maximum Gasteiger partial charge on any atom is 0.312 e. The Labute approximate surface area is 209 Å². The van der Waals surface area contributed by atoms with Crippen LogP contribution in [0, 0.1) is 12.3 Å². The number of hydrogen-bond donors (Lipinski definition) is 4. The van der Waals surface area contributed by atoms with Gasteiger partial charge in [0.15, 0.2) is 11.5 Å². The second-order valence-electron chi connectivity index (χ2n) is 9.45. The Kier molecular flexibility index (Phi) is 3.89. The van der Waals surface area contributed by atoms with E-state index in [4.69, 9.17) is 20.3 Å². The number of methoxy groups -OCH3 is 1. The molecule has 3 aliphatic rings. The van der Waals surface area contributed by atoms with Gasteiger partial charge in [0.25, 0.3) is 5.91 Å². The lowest BCUT2D eigenvalue weighted by Crippen LogP contribution is -2.73. The summed E-state index contributed by atoms with van der Waals surface area (Å²) in [6.07, 6.45) is 4.88. The van der Waals surface area contributed by atoms with E-state index in [1.165, 1.54) is 19.4 Å². The van der Waals surface area contributed by atoms with Crippen LogP contribution in [0.1, 0.15) is 39.4 Å². The van der Waals surface area contributed by atoms with Crippen molar-refractivity contribution in [3.63, 3.8) is 0 Å². The molecular formula is C25H24N8O3. The number of H-pyrrole nitrogens is 1. The molecule has 3 saturated carbocycles. The van der Waals surface area contributed by atoms with Crippen LogP contribution in [0.5, 0.6) is 0 Å². The van der Waals surface area contributed by atoms with E-state index in [0.717, 1.165) is 0 Å². The largest absolute Gasteiger partial charge is 0.469 e. The van der Waals surface area contributed by atoms with Gasteiger partial charge < -0.3 is 21.5 Å². The van der Waals surface area contributed by atoms with Gasteiger partial charge in [0.2, 0.25) is 0 Å². The molecule has 3 aromatic heterocycles. The highest BCUT2D eigenvalue weighted by atomic mass is 16.5. The highest BCUT2D eigenvalue weighted by Crippen LogP contribution is 2.68. The van der Waals surface area contributed by atoms with Crippen LogP contribution in [0.4, 0.5) is 11.5 Å². The average Bonchev–Trinajstić information content (AvgIpc) is 3.33. The molecule has 3 fully saturated rings. The Hall–Kier alpha value is -4.54. The zero-order valence-electron chi connectivity index (χ0n) is 22.3. The molecule has 0 spiro atoms. The molecule has 0 radical (unpaired) electrons. The van der Waals surface area contributed by atoms with Crippen molar-refractivity contribution in [3.8, 4) is 22.6 Å². The van der Waals surface area contributed by atoms with Gasteiger partial charge in [-0.05, 0) is 49.9 Å². The number of primary amides is 1. The topological polar surface area (TPSA) is 175 Å². The minimum absolute atomic E-state index is 0.0188. The van der Waals surface area contributed by atoms with Crippen molar-refractivity contribution in [2.45, 2.75) is 31.7 Å². The Morgan fingerprint density at radius 3 is 2.75 bits per heavy atom. The third-order valence-electron chi connectivity index (χ3n) is 7.12. The Bertz CT molecular complexity index is 1660. The molecule has 4 aromatic rings. The van der Waals surface area contributed by atoms with Crippen molar-refractivity contribution in [1.82, 2.24) is 25.1 Å². The van der Waals surface area contributed by atoms with Gasteiger partial charge in [-0.1, -0.05) is 6.07 Å². The molecule has 0 unspecified atom stereocenters. The van der Waals surface area contributed by atoms with Crippen molar-refractivity contribution in [2.24, 2.45) is 11.1 Å². The molecule has 3 aliphatic carbocycles. The molecule has 7 rings (SSSR count). The number of carbonyl (C=O) groups is 2. The predicted octanol–water partition coefficient (Wildman–Crippen LogP) is 2.58. The van der Waals surface area contributed by atoms with Crippen molar-refractivity contribution in [1.29, 1.82) is 0 Å². The average molecular weight is 488 g/mol. The quantitative estimate of drug-likeness (QED) is 0.298. The fourth-order valence-electron chi connectivity index (χ4n) is 5.53. The van der Waals surface area contributed by atoms with E-state index in [9.17, 15) is 9.59 Å². The number of amides is 1. The number of aromatic nitrogens is 5. The first-order valence-corrected chi connectivity index (χ1v) is 11.2. The Morgan fingerprint density at radius 2 is 2.03 bits per heavy atom. The van der Waals surface area contributed by atoms with E-state index >= 15 is 0 Å². The van der Waals surface area contributed by atoms with E-state index in [0.29, 0.717) is 41.5 Å². The van der Waals surface area contributed by atoms with E-state index in [-0.39, 0.29) is 45.5 Å². The minimum atomic E-state index is -2.52. The van der Waals surface area contributed by atoms with Crippen LogP contribution in [-0.2, 0) is 9.53 Å². The fourth-order valence-corrected chi connectivity index (χ4v) is 5.53. The lowest BCUT2D eigenvalue weighted by atomic mass is 9.39. The summed E-state index contributed by atoms with van der Waals surface area (Å²) >= 11 is 0. The van der Waals surface area contributed by atoms with Crippen LogP contribution in [0.15, 0.2) is 36.7 Å². The van der Waals surface area contributed by atoms with Gasteiger partial charge >= 0.3 is 5.97 Å². The summed E-state index contributed by atoms with van der Waals surface area (Å²) in [6.45, 7) is -2.52. The molecule has 0 atom stereocenters. The summed E-state index contributed by atoms with van der Waals surface area (Å²) < 4.78 is 29.3. The normalized spacial score (nSPS) is 23.5. The number of nitrogens with one attached hydrogen (secondary N) is 2. The number of ether oxygens (including phenoxy) is 1. The van der Waals surface area contributed by atoms with Gasteiger partial charge in [0.05, 0.1) is 41.2 Å².